The fourth-order valence-corrected chi connectivity index (χ4v) is 1.88. The number of hydrogen-bond acceptors (Lipinski definition) is 3. The molecule has 1 heterocycles. The third kappa shape index (κ3) is 2.10. The Morgan fingerprint density at radius 3 is 2.80 bits per heavy atom. The van der Waals surface area contributed by atoms with Crippen LogP contribution in [0.1, 0.15) is 0 Å². The number of rotatable bonds is 2. The molecular weight excluding hydrogens is 220 g/mol. The molecule has 0 atom stereocenters. The van der Waals surface area contributed by atoms with Crippen molar-refractivity contribution in [1.29, 1.82) is 0 Å². The lowest BCUT2D eigenvalue weighted by molar-refractivity contribution is 0.581. The van der Waals surface area contributed by atoms with E-state index in [2.05, 4.69) is 9.97 Å². The highest BCUT2D eigenvalue weighted by molar-refractivity contribution is 7.99. The molecule has 2 rings (SSSR count). The summed E-state index contributed by atoms with van der Waals surface area (Å²) >= 11 is 1.08. The van der Waals surface area contributed by atoms with E-state index in [0.29, 0.717) is 10.1 Å². The van der Waals surface area contributed by atoms with Gasteiger partial charge in [0.15, 0.2) is 5.16 Å². The van der Waals surface area contributed by atoms with Gasteiger partial charge >= 0.3 is 0 Å². The first-order valence-electron chi connectivity index (χ1n) is 4.08. The summed E-state index contributed by atoms with van der Waals surface area (Å²) in [6.45, 7) is 0. The summed E-state index contributed by atoms with van der Waals surface area (Å²) < 4.78 is 26.0. The zero-order valence-electron chi connectivity index (χ0n) is 7.50. The van der Waals surface area contributed by atoms with Crippen LogP contribution < -0.4 is 5.73 Å². The van der Waals surface area contributed by atoms with Gasteiger partial charge in [0, 0.05) is 23.4 Å². The van der Waals surface area contributed by atoms with Crippen LogP contribution in [0.15, 0.2) is 34.6 Å². The Bertz CT molecular complexity index is 470. The minimum Gasteiger partial charge on any atom is -0.395 e. The number of H-pyrrole nitrogens is 1. The van der Waals surface area contributed by atoms with E-state index in [-0.39, 0.29) is 5.69 Å². The van der Waals surface area contributed by atoms with Gasteiger partial charge in [-0.1, -0.05) is 0 Å². The molecule has 0 bridgehead atoms. The molecule has 0 saturated carbocycles. The molecule has 0 saturated heterocycles. The second-order valence-corrected chi connectivity index (χ2v) is 3.83. The standard InChI is InChI=1S/C9H7F2N3S/c10-5-3-6(11)8(12)7(4-5)15-9-13-1-2-14-9/h1-4H,12H2,(H,13,14). The molecule has 1 aromatic heterocycles. The van der Waals surface area contributed by atoms with Crippen molar-refractivity contribution in [2.75, 3.05) is 5.73 Å². The van der Waals surface area contributed by atoms with Gasteiger partial charge in [0.2, 0.25) is 0 Å². The Hall–Kier alpha value is -1.56. The maximum Gasteiger partial charge on any atom is 0.170 e. The number of halogens is 2. The second kappa shape index (κ2) is 3.90. The molecule has 3 N–H and O–H groups in total. The Balaban J connectivity index is 2.36. The lowest BCUT2D eigenvalue weighted by Crippen LogP contribution is -1.95. The zero-order valence-corrected chi connectivity index (χ0v) is 8.31. The number of nitrogens with two attached hydrogens (primary N) is 1. The summed E-state index contributed by atoms with van der Waals surface area (Å²) in [6.07, 6.45) is 3.17. The molecule has 0 fully saturated rings. The molecule has 3 nitrogen and oxygen atoms in total. The lowest BCUT2D eigenvalue weighted by Gasteiger charge is -2.04. The van der Waals surface area contributed by atoms with Crippen LogP contribution in [0.5, 0.6) is 0 Å². The normalized spacial score (nSPS) is 10.5. The van der Waals surface area contributed by atoms with Crippen molar-refractivity contribution in [3.05, 3.63) is 36.2 Å². The van der Waals surface area contributed by atoms with Crippen LogP contribution >= 0.6 is 11.8 Å². The second-order valence-electron chi connectivity index (χ2n) is 2.80. The predicted molar refractivity (Wildman–Crippen MR) is 53.5 cm³/mol. The van der Waals surface area contributed by atoms with E-state index in [1.165, 1.54) is 6.07 Å². The Kier molecular flexibility index (Phi) is 2.59. The Morgan fingerprint density at radius 1 is 1.33 bits per heavy atom. The molecule has 0 aliphatic rings. The summed E-state index contributed by atoms with van der Waals surface area (Å²) in [5.41, 5.74) is 5.39. The van der Waals surface area contributed by atoms with Crippen molar-refractivity contribution in [2.45, 2.75) is 10.1 Å². The Labute approximate surface area is 88.7 Å². The van der Waals surface area contributed by atoms with E-state index in [4.69, 9.17) is 5.73 Å². The molecule has 0 unspecified atom stereocenters. The maximum absolute atomic E-state index is 13.1. The molecular formula is C9H7F2N3S. The summed E-state index contributed by atoms with van der Waals surface area (Å²) in [7, 11) is 0. The van der Waals surface area contributed by atoms with E-state index >= 15 is 0 Å². The summed E-state index contributed by atoms with van der Waals surface area (Å²) in [4.78, 5) is 7.03. The third-order valence-electron chi connectivity index (χ3n) is 1.74. The van der Waals surface area contributed by atoms with Crippen molar-refractivity contribution in [2.24, 2.45) is 0 Å². The highest BCUT2D eigenvalue weighted by Crippen LogP contribution is 2.31. The molecule has 0 amide bonds. The average molecular weight is 227 g/mol. The summed E-state index contributed by atoms with van der Waals surface area (Å²) in [5.74, 6) is -1.42. The topological polar surface area (TPSA) is 54.7 Å². The molecule has 1 aromatic carbocycles. The van der Waals surface area contributed by atoms with Gasteiger partial charge in [-0.05, 0) is 17.8 Å². The number of hydrogen-bond donors (Lipinski definition) is 2. The van der Waals surface area contributed by atoms with Gasteiger partial charge < -0.3 is 10.7 Å². The van der Waals surface area contributed by atoms with Gasteiger partial charge in [0.25, 0.3) is 0 Å². The monoisotopic (exact) mass is 227 g/mol. The fraction of sp³-hybridized carbons (Fsp3) is 0. The van der Waals surface area contributed by atoms with Crippen LogP contribution in [-0.2, 0) is 0 Å². The number of nitrogen functional groups attached to an aromatic ring is 1. The van der Waals surface area contributed by atoms with Crippen molar-refractivity contribution < 1.29 is 8.78 Å². The first-order valence-corrected chi connectivity index (χ1v) is 4.90. The molecule has 0 radical (unpaired) electrons. The molecule has 15 heavy (non-hydrogen) atoms. The van der Waals surface area contributed by atoms with Crippen LogP contribution in [0.3, 0.4) is 0 Å². The highest BCUT2D eigenvalue weighted by Gasteiger charge is 2.10. The minimum absolute atomic E-state index is 0.0715. The molecule has 78 valence electrons. The number of imidazole rings is 1. The fourth-order valence-electron chi connectivity index (χ4n) is 1.06. The molecule has 6 heteroatoms. The first kappa shape index (κ1) is 9.97. The number of aromatic amines is 1. The quantitative estimate of drug-likeness (QED) is 0.775. The van der Waals surface area contributed by atoms with Gasteiger partial charge in [0.1, 0.15) is 11.6 Å². The van der Waals surface area contributed by atoms with E-state index in [0.717, 1.165) is 17.8 Å². The molecule has 0 aliphatic heterocycles. The SMILES string of the molecule is Nc1c(F)cc(F)cc1Sc1ncc[nH]1. The Morgan fingerprint density at radius 2 is 2.13 bits per heavy atom. The van der Waals surface area contributed by atoms with Gasteiger partial charge in [-0.2, -0.15) is 0 Å². The van der Waals surface area contributed by atoms with Crippen molar-refractivity contribution >= 4 is 17.4 Å². The average Bonchev–Trinajstić information content (AvgIpc) is 2.66. The number of aromatic nitrogens is 2. The molecule has 0 spiro atoms. The summed E-state index contributed by atoms with van der Waals surface area (Å²) in [6, 6.07) is 1.92. The summed E-state index contributed by atoms with van der Waals surface area (Å²) in [5, 5.41) is 0.534. The van der Waals surface area contributed by atoms with Gasteiger partial charge in [0.05, 0.1) is 5.69 Å². The van der Waals surface area contributed by atoms with Crippen molar-refractivity contribution in [1.82, 2.24) is 9.97 Å². The first-order chi connectivity index (χ1) is 7.16. The van der Waals surface area contributed by atoms with Crippen molar-refractivity contribution in [3.63, 3.8) is 0 Å². The number of nitrogens with zero attached hydrogens (tertiary/aromatic N) is 1. The highest BCUT2D eigenvalue weighted by atomic mass is 32.2. The van der Waals surface area contributed by atoms with E-state index in [9.17, 15) is 8.78 Å². The van der Waals surface area contributed by atoms with Gasteiger partial charge in [-0.3, -0.25) is 0 Å². The predicted octanol–water partition coefficient (Wildman–Crippen LogP) is 2.42. The number of nitrogens with one attached hydrogen (secondary N) is 1. The van der Waals surface area contributed by atoms with Crippen LogP contribution in [-0.4, -0.2) is 9.97 Å². The van der Waals surface area contributed by atoms with Crippen molar-refractivity contribution in [3.8, 4) is 0 Å². The number of anilines is 1. The van der Waals surface area contributed by atoms with E-state index in [1.54, 1.807) is 12.4 Å². The third-order valence-corrected chi connectivity index (χ3v) is 2.71. The van der Waals surface area contributed by atoms with Gasteiger partial charge in [-0.25, -0.2) is 13.8 Å². The van der Waals surface area contributed by atoms with Crippen LogP contribution in [0.2, 0.25) is 0 Å². The maximum atomic E-state index is 13.1. The smallest absolute Gasteiger partial charge is 0.170 e. The van der Waals surface area contributed by atoms with Crippen LogP contribution in [0.25, 0.3) is 0 Å². The zero-order chi connectivity index (χ0) is 10.8. The van der Waals surface area contributed by atoms with E-state index < -0.39 is 11.6 Å². The molecule has 2 aromatic rings. The molecule has 0 aliphatic carbocycles. The van der Waals surface area contributed by atoms with Crippen LogP contribution in [0.4, 0.5) is 14.5 Å². The number of benzene rings is 1. The minimum atomic E-state index is -0.760. The van der Waals surface area contributed by atoms with E-state index in [1.807, 2.05) is 0 Å². The van der Waals surface area contributed by atoms with Gasteiger partial charge in [-0.15, -0.1) is 0 Å². The largest absolute Gasteiger partial charge is 0.395 e. The lowest BCUT2D eigenvalue weighted by atomic mass is 10.3. The van der Waals surface area contributed by atoms with Crippen LogP contribution in [0, 0.1) is 11.6 Å².